The predicted molar refractivity (Wildman–Crippen MR) is 29.3 cm³/mol. The average molecular weight is 218 g/mol. The quantitative estimate of drug-likeness (QED) is 0.481. The summed E-state index contributed by atoms with van der Waals surface area (Å²) in [6.45, 7) is 0.781. The fourth-order valence-corrected chi connectivity index (χ4v) is 1.42. The van der Waals surface area contributed by atoms with Crippen LogP contribution in [-0.2, 0) is 4.79 Å². The van der Waals surface area contributed by atoms with E-state index in [-0.39, 0.29) is 58.2 Å². The molecule has 0 aromatic rings. The van der Waals surface area contributed by atoms with Crippen LogP contribution in [0.3, 0.4) is 0 Å². The molecule has 0 radical (unpaired) electrons. The third-order valence-corrected chi connectivity index (χ3v) is 2.06. The first kappa shape index (κ1) is 10.6. The number of nitrogens with one attached hydrogen (secondary N) is 1. The molecule has 9 heavy (non-hydrogen) atoms. The molecule has 46 valence electrons. The van der Waals surface area contributed by atoms with Gasteiger partial charge < -0.3 is 9.90 Å². The van der Waals surface area contributed by atoms with E-state index in [2.05, 4.69) is 5.32 Å². The molecule has 1 atom stereocenters. The van der Waals surface area contributed by atoms with E-state index in [0.29, 0.717) is 0 Å². The van der Waals surface area contributed by atoms with Crippen LogP contribution in [0.4, 0.5) is 0 Å². The van der Waals surface area contributed by atoms with Gasteiger partial charge in [-0.2, -0.15) is 0 Å². The molecule has 0 bridgehead atoms. The van der Waals surface area contributed by atoms with Gasteiger partial charge in [0.15, 0.2) is 0 Å². The van der Waals surface area contributed by atoms with E-state index in [1.807, 2.05) is 0 Å². The molecule has 1 rings (SSSR count). The third-order valence-electron chi connectivity index (χ3n) is 0.930. The Morgan fingerprint density at radius 3 is 2.67 bits per heavy atom. The topological polar surface area (TPSA) is 52.2 Å². The summed E-state index contributed by atoms with van der Waals surface area (Å²) in [5.74, 6) is -0.133. The molecule has 0 aromatic carbocycles. The molecule has 1 aliphatic heterocycles. The summed E-state index contributed by atoms with van der Waals surface area (Å²) in [6.07, 6.45) is 0. The Balaban J connectivity index is 0.000000640. The first-order chi connectivity index (χ1) is 3.80. The van der Waals surface area contributed by atoms with Gasteiger partial charge >= 0.3 is 58.2 Å². The third kappa shape index (κ3) is 3.48. The van der Waals surface area contributed by atoms with Crippen LogP contribution in [-0.4, -0.2) is 23.6 Å². The number of carbonyl (C=O) groups is 1. The zero-order chi connectivity index (χ0) is 5.98. The molecule has 5 heteroatoms. The van der Waals surface area contributed by atoms with Gasteiger partial charge in [0, 0.05) is 12.3 Å². The van der Waals surface area contributed by atoms with Gasteiger partial charge in [0.2, 0.25) is 0 Å². The van der Waals surface area contributed by atoms with Gasteiger partial charge in [0.1, 0.15) is 0 Å². The summed E-state index contributed by atoms with van der Waals surface area (Å²) in [6, 6.07) is 0. The first-order valence-corrected chi connectivity index (χ1v) is 3.41. The normalized spacial score (nSPS) is 25.1. The zero-order valence-electron chi connectivity index (χ0n) is 5.22. The molecule has 0 aliphatic carbocycles. The Morgan fingerprint density at radius 2 is 2.44 bits per heavy atom. The molecule has 1 fully saturated rings. The molecule has 1 saturated heterocycles. The monoisotopic (exact) mass is 217 g/mol. The van der Waals surface area contributed by atoms with Crippen molar-refractivity contribution < 1.29 is 68.1 Å². The van der Waals surface area contributed by atoms with E-state index >= 15 is 0 Å². The summed E-state index contributed by atoms with van der Waals surface area (Å²) in [5.41, 5.74) is 0. The second-order valence-electron chi connectivity index (χ2n) is 1.52. The standard InChI is InChI=1S/C4H7NO2S.Rb/c6-4(7)3-5-1-2-8-3;/h3,5H,1-2H2,(H,6,7);/q;+1/p-1/t3-;/m1./s1. The molecule has 1 heterocycles. The Morgan fingerprint density at radius 1 is 1.78 bits per heavy atom. The van der Waals surface area contributed by atoms with Crippen LogP contribution in [0.25, 0.3) is 0 Å². The molecule has 0 aromatic heterocycles. The molecule has 1 N–H and O–H groups in total. The second kappa shape index (κ2) is 5.26. The van der Waals surface area contributed by atoms with Crippen molar-refractivity contribution >= 4 is 17.7 Å². The molecule has 0 spiro atoms. The number of carboxylic acid groups (broad SMARTS) is 1. The summed E-state index contributed by atoms with van der Waals surface area (Å²) in [4.78, 5) is 10.0. The van der Waals surface area contributed by atoms with Crippen molar-refractivity contribution in [1.29, 1.82) is 0 Å². The van der Waals surface area contributed by atoms with Crippen molar-refractivity contribution in [1.82, 2.24) is 5.32 Å². The minimum atomic E-state index is -1.01. The van der Waals surface area contributed by atoms with Crippen molar-refractivity contribution in [2.45, 2.75) is 5.37 Å². The van der Waals surface area contributed by atoms with Gasteiger partial charge in [-0.1, -0.05) is 0 Å². The molecule has 0 saturated carbocycles. The van der Waals surface area contributed by atoms with Crippen LogP contribution < -0.4 is 68.6 Å². The van der Waals surface area contributed by atoms with Crippen LogP contribution in [0.1, 0.15) is 0 Å². The summed E-state index contributed by atoms with van der Waals surface area (Å²) in [7, 11) is 0. The Labute approximate surface area is 107 Å². The molecular weight excluding hydrogens is 212 g/mol. The number of hydrogen-bond acceptors (Lipinski definition) is 4. The van der Waals surface area contributed by atoms with Gasteiger partial charge in [0.05, 0.1) is 11.3 Å². The number of carbonyl (C=O) groups excluding carboxylic acids is 1. The van der Waals surface area contributed by atoms with E-state index in [4.69, 9.17) is 0 Å². The largest absolute Gasteiger partial charge is 1.00 e. The molecule has 0 amide bonds. The minimum absolute atomic E-state index is 0. The van der Waals surface area contributed by atoms with Gasteiger partial charge in [0.25, 0.3) is 0 Å². The number of carboxylic acids is 1. The van der Waals surface area contributed by atoms with Crippen LogP contribution in [0.15, 0.2) is 0 Å². The number of aliphatic carboxylic acids is 1. The minimum Gasteiger partial charge on any atom is -0.547 e. The van der Waals surface area contributed by atoms with Gasteiger partial charge in [-0.05, 0) is 0 Å². The van der Waals surface area contributed by atoms with E-state index in [1.165, 1.54) is 11.8 Å². The van der Waals surface area contributed by atoms with Crippen molar-refractivity contribution in [2.24, 2.45) is 0 Å². The first-order valence-electron chi connectivity index (χ1n) is 2.36. The average Bonchev–Trinajstić information content (AvgIpc) is 2.12. The van der Waals surface area contributed by atoms with Crippen LogP contribution in [0.5, 0.6) is 0 Å². The fourth-order valence-electron chi connectivity index (χ4n) is 0.577. The number of thioether (sulfide) groups is 1. The Hall–Kier alpha value is 1.59. The van der Waals surface area contributed by atoms with E-state index in [1.54, 1.807) is 0 Å². The maximum absolute atomic E-state index is 10.0. The molecular formula is C4H6NO2RbS. The van der Waals surface area contributed by atoms with Crippen molar-refractivity contribution in [3.8, 4) is 0 Å². The van der Waals surface area contributed by atoms with Crippen molar-refractivity contribution in [2.75, 3.05) is 12.3 Å². The van der Waals surface area contributed by atoms with Crippen LogP contribution in [0, 0.1) is 0 Å². The van der Waals surface area contributed by atoms with Gasteiger partial charge in [-0.25, -0.2) is 0 Å². The molecule has 3 nitrogen and oxygen atoms in total. The molecule has 1 aliphatic rings. The van der Waals surface area contributed by atoms with Crippen LogP contribution in [0.2, 0.25) is 0 Å². The van der Waals surface area contributed by atoms with E-state index < -0.39 is 11.3 Å². The van der Waals surface area contributed by atoms with E-state index in [0.717, 1.165) is 12.3 Å². The second-order valence-corrected chi connectivity index (χ2v) is 2.74. The maximum Gasteiger partial charge on any atom is 1.00 e. The van der Waals surface area contributed by atoms with Gasteiger partial charge in [-0.3, -0.25) is 5.32 Å². The van der Waals surface area contributed by atoms with Gasteiger partial charge in [-0.15, -0.1) is 11.8 Å². The fraction of sp³-hybridized carbons (Fsp3) is 0.750. The Kier molecular flexibility index (Phi) is 6.19. The zero-order valence-corrected chi connectivity index (χ0v) is 10.9. The predicted octanol–water partition coefficient (Wildman–Crippen LogP) is -4.60. The van der Waals surface area contributed by atoms with Crippen molar-refractivity contribution in [3.05, 3.63) is 0 Å². The number of hydrogen-bond donors (Lipinski definition) is 1. The molecule has 0 unspecified atom stereocenters. The number of rotatable bonds is 1. The summed E-state index contributed by atoms with van der Waals surface area (Å²) in [5, 5.41) is 12.3. The SMILES string of the molecule is O=C([O-])[C@@H]1NCCS1.[Rb+]. The maximum atomic E-state index is 10.0. The summed E-state index contributed by atoms with van der Waals surface area (Å²) < 4.78 is 0. The summed E-state index contributed by atoms with van der Waals surface area (Å²) >= 11 is 1.38. The van der Waals surface area contributed by atoms with E-state index in [9.17, 15) is 9.90 Å². The van der Waals surface area contributed by atoms with Crippen LogP contribution >= 0.6 is 11.8 Å². The van der Waals surface area contributed by atoms with Crippen molar-refractivity contribution in [3.63, 3.8) is 0 Å². The smallest absolute Gasteiger partial charge is 0.547 e. The Bertz CT molecular complexity index is 105.